The zero-order valence-electron chi connectivity index (χ0n) is 11.1. The van der Waals surface area contributed by atoms with E-state index >= 15 is 0 Å². The maximum absolute atomic E-state index is 3.78. The van der Waals surface area contributed by atoms with E-state index < -0.39 is 0 Å². The number of rotatable bonds is 3. The Hall–Kier alpha value is -1.02. The summed E-state index contributed by atoms with van der Waals surface area (Å²) >= 11 is 0. The van der Waals surface area contributed by atoms with E-state index in [4.69, 9.17) is 0 Å². The molecular formula is C16H24N2. The van der Waals surface area contributed by atoms with Crippen LogP contribution < -0.4 is 10.6 Å². The molecule has 1 aromatic carbocycles. The molecule has 1 aliphatic heterocycles. The van der Waals surface area contributed by atoms with Crippen LogP contribution in [-0.4, -0.2) is 18.6 Å². The van der Waals surface area contributed by atoms with Crippen LogP contribution in [0, 0.1) is 0 Å². The second-order valence-corrected chi connectivity index (χ2v) is 5.80. The quantitative estimate of drug-likeness (QED) is 0.797. The molecule has 0 aromatic heterocycles. The number of hydrogen-bond acceptors (Lipinski definition) is 2. The highest BCUT2D eigenvalue weighted by molar-refractivity contribution is 5.56. The Bertz CT molecular complexity index is 355. The monoisotopic (exact) mass is 244 g/mol. The molecule has 3 rings (SSSR count). The van der Waals surface area contributed by atoms with Gasteiger partial charge in [-0.05, 0) is 30.9 Å². The van der Waals surface area contributed by atoms with Crippen LogP contribution in [0.3, 0.4) is 0 Å². The normalized spacial score (nSPS) is 24.3. The molecule has 1 aromatic rings. The summed E-state index contributed by atoms with van der Waals surface area (Å²) in [7, 11) is 0. The lowest BCUT2D eigenvalue weighted by atomic mass is 10.1. The third-order valence-corrected chi connectivity index (χ3v) is 4.35. The van der Waals surface area contributed by atoms with Gasteiger partial charge in [0, 0.05) is 24.3 Å². The van der Waals surface area contributed by atoms with E-state index in [0.717, 1.165) is 12.6 Å². The third kappa shape index (κ3) is 2.86. The third-order valence-electron chi connectivity index (χ3n) is 4.35. The fraction of sp³-hybridized carbons (Fsp3) is 0.625. The van der Waals surface area contributed by atoms with Crippen molar-refractivity contribution in [1.82, 2.24) is 5.32 Å². The van der Waals surface area contributed by atoms with Gasteiger partial charge in [-0.1, -0.05) is 43.9 Å². The fourth-order valence-electron chi connectivity index (χ4n) is 3.29. The van der Waals surface area contributed by atoms with Gasteiger partial charge in [0.2, 0.25) is 0 Å². The van der Waals surface area contributed by atoms with Crippen molar-refractivity contribution in [3.8, 4) is 0 Å². The minimum absolute atomic E-state index is 0.589. The Kier molecular flexibility index (Phi) is 3.84. The van der Waals surface area contributed by atoms with Crippen molar-refractivity contribution in [3.63, 3.8) is 0 Å². The van der Waals surface area contributed by atoms with Crippen molar-refractivity contribution in [2.45, 2.75) is 57.0 Å². The Labute approximate surface area is 110 Å². The average Bonchev–Trinajstić information content (AvgIpc) is 2.63. The van der Waals surface area contributed by atoms with Gasteiger partial charge in [-0.25, -0.2) is 0 Å². The van der Waals surface area contributed by atoms with Crippen molar-refractivity contribution in [3.05, 3.63) is 29.8 Å². The standard InChI is InChI=1S/C16H24N2/c1-2-4-9-14(8-3-1)17-12-15-11-13-7-5-6-10-16(13)18-15/h5-7,10,14-15,17-18H,1-4,8-9,11-12H2. The van der Waals surface area contributed by atoms with Crippen LogP contribution in [-0.2, 0) is 6.42 Å². The van der Waals surface area contributed by atoms with Crippen molar-refractivity contribution < 1.29 is 0 Å². The zero-order valence-corrected chi connectivity index (χ0v) is 11.1. The van der Waals surface area contributed by atoms with Crippen LogP contribution >= 0.6 is 0 Å². The molecule has 18 heavy (non-hydrogen) atoms. The number of hydrogen-bond donors (Lipinski definition) is 2. The van der Waals surface area contributed by atoms with Crippen LogP contribution in [0.5, 0.6) is 0 Å². The Morgan fingerprint density at radius 3 is 2.61 bits per heavy atom. The molecule has 1 fully saturated rings. The molecule has 2 N–H and O–H groups in total. The van der Waals surface area contributed by atoms with E-state index in [-0.39, 0.29) is 0 Å². The molecule has 0 spiro atoms. The molecule has 1 unspecified atom stereocenters. The minimum Gasteiger partial charge on any atom is -0.380 e. The fourth-order valence-corrected chi connectivity index (χ4v) is 3.29. The molecule has 0 saturated heterocycles. The summed E-state index contributed by atoms with van der Waals surface area (Å²) in [6.45, 7) is 1.11. The summed E-state index contributed by atoms with van der Waals surface area (Å²) in [6.07, 6.45) is 9.62. The molecule has 1 atom stereocenters. The number of benzene rings is 1. The summed E-state index contributed by atoms with van der Waals surface area (Å²) in [5.41, 5.74) is 2.82. The molecule has 0 radical (unpaired) electrons. The maximum atomic E-state index is 3.78. The molecule has 2 heteroatoms. The lowest BCUT2D eigenvalue weighted by Crippen LogP contribution is -2.37. The SMILES string of the molecule is c1ccc2c(c1)CC(CNC1CCCCCC1)N2. The lowest BCUT2D eigenvalue weighted by Gasteiger charge is -2.19. The first-order chi connectivity index (χ1) is 8.92. The zero-order chi connectivity index (χ0) is 12.2. The molecule has 2 nitrogen and oxygen atoms in total. The van der Waals surface area contributed by atoms with E-state index in [1.165, 1.54) is 56.2 Å². The predicted octanol–water partition coefficient (Wildman–Crippen LogP) is 3.34. The number of anilines is 1. The van der Waals surface area contributed by atoms with Gasteiger partial charge in [-0.3, -0.25) is 0 Å². The molecule has 1 aliphatic carbocycles. The maximum Gasteiger partial charge on any atom is 0.0427 e. The van der Waals surface area contributed by atoms with Crippen LogP contribution in [0.2, 0.25) is 0 Å². The van der Waals surface area contributed by atoms with Crippen molar-refractivity contribution in [2.24, 2.45) is 0 Å². The first-order valence-corrected chi connectivity index (χ1v) is 7.49. The Morgan fingerprint density at radius 2 is 1.83 bits per heavy atom. The smallest absolute Gasteiger partial charge is 0.0427 e. The summed E-state index contributed by atoms with van der Waals surface area (Å²) in [4.78, 5) is 0. The van der Waals surface area contributed by atoms with E-state index in [2.05, 4.69) is 34.9 Å². The first kappa shape index (κ1) is 12.0. The predicted molar refractivity (Wildman–Crippen MR) is 77.0 cm³/mol. The molecule has 0 amide bonds. The highest BCUT2D eigenvalue weighted by Crippen LogP contribution is 2.25. The van der Waals surface area contributed by atoms with Gasteiger partial charge in [0.15, 0.2) is 0 Å². The van der Waals surface area contributed by atoms with Crippen LogP contribution in [0.15, 0.2) is 24.3 Å². The van der Waals surface area contributed by atoms with E-state index in [1.807, 2.05) is 0 Å². The topological polar surface area (TPSA) is 24.1 Å². The van der Waals surface area contributed by atoms with E-state index in [0.29, 0.717) is 6.04 Å². The average molecular weight is 244 g/mol. The van der Waals surface area contributed by atoms with E-state index in [9.17, 15) is 0 Å². The van der Waals surface area contributed by atoms with Crippen molar-refractivity contribution in [1.29, 1.82) is 0 Å². The van der Waals surface area contributed by atoms with Gasteiger partial charge in [-0.2, -0.15) is 0 Å². The van der Waals surface area contributed by atoms with E-state index in [1.54, 1.807) is 0 Å². The van der Waals surface area contributed by atoms with Crippen LogP contribution in [0.1, 0.15) is 44.1 Å². The molecule has 2 aliphatic rings. The van der Waals surface area contributed by atoms with Gasteiger partial charge in [0.25, 0.3) is 0 Å². The van der Waals surface area contributed by atoms with Gasteiger partial charge in [-0.15, -0.1) is 0 Å². The molecule has 1 heterocycles. The van der Waals surface area contributed by atoms with Gasteiger partial charge < -0.3 is 10.6 Å². The van der Waals surface area contributed by atoms with Crippen molar-refractivity contribution in [2.75, 3.05) is 11.9 Å². The number of nitrogens with one attached hydrogen (secondary N) is 2. The lowest BCUT2D eigenvalue weighted by molar-refractivity contribution is 0.447. The largest absolute Gasteiger partial charge is 0.380 e. The highest BCUT2D eigenvalue weighted by atomic mass is 15.0. The summed E-state index contributed by atoms with van der Waals surface area (Å²) in [5.74, 6) is 0. The summed E-state index contributed by atoms with van der Waals surface area (Å²) in [6, 6.07) is 10.0. The summed E-state index contributed by atoms with van der Waals surface area (Å²) in [5, 5.41) is 7.40. The molecule has 0 bridgehead atoms. The molecule has 1 saturated carbocycles. The minimum atomic E-state index is 0.589. The second-order valence-electron chi connectivity index (χ2n) is 5.80. The number of fused-ring (bicyclic) bond motifs is 1. The first-order valence-electron chi connectivity index (χ1n) is 7.49. The second kappa shape index (κ2) is 5.75. The van der Waals surface area contributed by atoms with Crippen molar-refractivity contribution >= 4 is 5.69 Å². The summed E-state index contributed by atoms with van der Waals surface area (Å²) < 4.78 is 0. The van der Waals surface area contributed by atoms with Gasteiger partial charge >= 0.3 is 0 Å². The highest BCUT2D eigenvalue weighted by Gasteiger charge is 2.21. The van der Waals surface area contributed by atoms with Gasteiger partial charge in [0.1, 0.15) is 0 Å². The Balaban J connectivity index is 1.47. The van der Waals surface area contributed by atoms with Crippen LogP contribution in [0.25, 0.3) is 0 Å². The van der Waals surface area contributed by atoms with Crippen LogP contribution in [0.4, 0.5) is 5.69 Å². The van der Waals surface area contributed by atoms with Gasteiger partial charge in [0.05, 0.1) is 0 Å². The Morgan fingerprint density at radius 1 is 1.06 bits per heavy atom. The number of para-hydroxylation sites is 1. The molecular weight excluding hydrogens is 220 g/mol. The molecule has 98 valence electrons.